The fourth-order valence-corrected chi connectivity index (χ4v) is 2.84. The maximum Gasteiger partial charge on any atom is 0.419 e. The largest absolute Gasteiger partial charge is 0.483 e. The summed E-state index contributed by atoms with van der Waals surface area (Å²) in [7, 11) is 0. The van der Waals surface area contributed by atoms with Crippen molar-refractivity contribution in [1.29, 1.82) is 0 Å². The number of thiazole rings is 1. The topological polar surface area (TPSA) is 51.2 Å². The van der Waals surface area contributed by atoms with E-state index in [1.807, 2.05) is 5.38 Å². The molecule has 1 fully saturated rings. The van der Waals surface area contributed by atoms with E-state index in [1.165, 1.54) is 29.5 Å². The molecule has 1 aliphatic rings. The zero-order valence-electron chi connectivity index (χ0n) is 11.9. The molecule has 4 nitrogen and oxygen atoms in total. The SMILES string of the molecule is O=C(COc1ccccc1C(F)(F)F)Nc1nc(C2CC2)cs1. The van der Waals surface area contributed by atoms with Crippen LogP contribution in [0.4, 0.5) is 18.3 Å². The van der Waals surface area contributed by atoms with Gasteiger partial charge in [0.05, 0.1) is 11.3 Å². The second-order valence-corrected chi connectivity index (χ2v) is 6.04. The lowest BCUT2D eigenvalue weighted by Gasteiger charge is -2.13. The van der Waals surface area contributed by atoms with Gasteiger partial charge < -0.3 is 4.74 Å². The molecular formula is C15H13F3N2O2S. The first kappa shape index (κ1) is 15.8. The minimum Gasteiger partial charge on any atom is -0.483 e. The molecule has 122 valence electrons. The van der Waals surface area contributed by atoms with Crippen LogP contribution in [0.15, 0.2) is 29.6 Å². The number of alkyl halides is 3. The average molecular weight is 342 g/mol. The van der Waals surface area contributed by atoms with Gasteiger partial charge in [-0.05, 0) is 25.0 Å². The molecule has 1 aliphatic carbocycles. The number of amides is 1. The van der Waals surface area contributed by atoms with Crippen LogP contribution in [-0.4, -0.2) is 17.5 Å². The Bertz CT molecular complexity index is 711. The van der Waals surface area contributed by atoms with Crippen LogP contribution in [0.3, 0.4) is 0 Å². The summed E-state index contributed by atoms with van der Waals surface area (Å²) in [5, 5.41) is 4.85. The summed E-state index contributed by atoms with van der Waals surface area (Å²) in [4.78, 5) is 16.1. The molecule has 0 saturated heterocycles. The molecule has 1 amide bonds. The Morgan fingerprint density at radius 3 is 2.78 bits per heavy atom. The molecule has 1 saturated carbocycles. The molecule has 1 N–H and O–H groups in total. The predicted molar refractivity (Wildman–Crippen MR) is 79.7 cm³/mol. The second-order valence-electron chi connectivity index (χ2n) is 5.18. The van der Waals surface area contributed by atoms with Gasteiger partial charge >= 0.3 is 6.18 Å². The van der Waals surface area contributed by atoms with Crippen molar-refractivity contribution in [2.75, 3.05) is 11.9 Å². The molecule has 0 unspecified atom stereocenters. The highest BCUT2D eigenvalue weighted by Gasteiger charge is 2.34. The van der Waals surface area contributed by atoms with Crippen LogP contribution in [0.2, 0.25) is 0 Å². The fraction of sp³-hybridized carbons (Fsp3) is 0.333. The van der Waals surface area contributed by atoms with Crippen LogP contribution in [-0.2, 0) is 11.0 Å². The molecule has 8 heteroatoms. The number of benzene rings is 1. The summed E-state index contributed by atoms with van der Waals surface area (Å²) in [5.74, 6) is -0.432. The van der Waals surface area contributed by atoms with Gasteiger partial charge in [-0.3, -0.25) is 10.1 Å². The van der Waals surface area contributed by atoms with E-state index >= 15 is 0 Å². The summed E-state index contributed by atoms with van der Waals surface area (Å²) >= 11 is 1.30. The molecule has 2 aromatic rings. The van der Waals surface area contributed by atoms with Crippen molar-refractivity contribution in [2.24, 2.45) is 0 Å². The first-order valence-corrected chi connectivity index (χ1v) is 7.86. The first-order valence-electron chi connectivity index (χ1n) is 6.98. The van der Waals surface area contributed by atoms with Gasteiger partial charge in [0.25, 0.3) is 5.91 Å². The number of aromatic nitrogens is 1. The van der Waals surface area contributed by atoms with Gasteiger partial charge in [-0.15, -0.1) is 11.3 Å². The molecule has 0 atom stereocenters. The number of carbonyl (C=O) groups excluding carboxylic acids is 1. The molecule has 3 rings (SSSR count). The van der Waals surface area contributed by atoms with Gasteiger partial charge in [0.1, 0.15) is 5.75 Å². The van der Waals surface area contributed by atoms with Crippen LogP contribution in [0.1, 0.15) is 30.0 Å². The van der Waals surface area contributed by atoms with Crippen molar-refractivity contribution in [3.05, 3.63) is 40.9 Å². The number of nitrogens with zero attached hydrogens (tertiary/aromatic N) is 1. The van der Waals surface area contributed by atoms with E-state index in [4.69, 9.17) is 4.74 Å². The minimum atomic E-state index is -4.53. The Morgan fingerprint density at radius 2 is 2.09 bits per heavy atom. The maximum absolute atomic E-state index is 12.8. The Morgan fingerprint density at radius 1 is 1.35 bits per heavy atom. The van der Waals surface area contributed by atoms with Crippen molar-refractivity contribution in [1.82, 2.24) is 4.98 Å². The van der Waals surface area contributed by atoms with Crippen molar-refractivity contribution >= 4 is 22.4 Å². The van der Waals surface area contributed by atoms with E-state index in [9.17, 15) is 18.0 Å². The van der Waals surface area contributed by atoms with E-state index in [2.05, 4.69) is 10.3 Å². The standard InChI is InChI=1S/C15H13F3N2O2S/c16-15(17,18)10-3-1-2-4-12(10)22-7-13(21)20-14-19-11(8-23-14)9-5-6-9/h1-4,8-9H,5-7H2,(H,19,20,21). The van der Waals surface area contributed by atoms with Crippen molar-refractivity contribution in [2.45, 2.75) is 24.9 Å². The number of nitrogens with one attached hydrogen (secondary N) is 1. The van der Waals surface area contributed by atoms with Crippen LogP contribution in [0.25, 0.3) is 0 Å². The predicted octanol–water partition coefficient (Wildman–Crippen LogP) is 4.06. The Hall–Kier alpha value is -2.09. The van der Waals surface area contributed by atoms with Crippen molar-refractivity contribution < 1.29 is 22.7 Å². The fourth-order valence-electron chi connectivity index (χ4n) is 2.04. The van der Waals surface area contributed by atoms with Gasteiger partial charge in [0.2, 0.25) is 0 Å². The van der Waals surface area contributed by atoms with Gasteiger partial charge in [-0.2, -0.15) is 13.2 Å². The summed E-state index contributed by atoms with van der Waals surface area (Å²) in [5.41, 5.74) is 0.0479. The summed E-state index contributed by atoms with van der Waals surface area (Å²) in [6.45, 7) is -0.508. The summed E-state index contributed by atoms with van der Waals surface area (Å²) in [6, 6.07) is 4.79. The van der Waals surface area contributed by atoms with Gasteiger partial charge in [-0.25, -0.2) is 4.98 Å². The van der Waals surface area contributed by atoms with E-state index in [-0.39, 0.29) is 5.75 Å². The van der Waals surface area contributed by atoms with Crippen LogP contribution >= 0.6 is 11.3 Å². The molecule has 0 bridgehead atoms. The molecule has 23 heavy (non-hydrogen) atoms. The molecule has 1 aromatic heterocycles. The van der Waals surface area contributed by atoms with E-state index in [0.29, 0.717) is 11.0 Å². The molecule has 1 aromatic carbocycles. The Kier molecular flexibility index (Phi) is 4.25. The van der Waals surface area contributed by atoms with Crippen molar-refractivity contribution in [3.8, 4) is 5.75 Å². The number of hydrogen-bond donors (Lipinski definition) is 1. The lowest BCUT2D eigenvalue weighted by atomic mass is 10.2. The monoisotopic (exact) mass is 342 g/mol. The van der Waals surface area contributed by atoms with Gasteiger partial charge in [0.15, 0.2) is 11.7 Å². The lowest BCUT2D eigenvalue weighted by Crippen LogP contribution is -2.21. The highest BCUT2D eigenvalue weighted by atomic mass is 32.1. The first-order chi connectivity index (χ1) is 10.9. The van der Waals surface area contributed by atoms with Crippen LogP contribution < -0.4 is 10.1 Å². The number of anilines is 1. The lowest BCUT2D eigenvalue weighted by molar-refractivity contribution is -0.139. The van der Waals surface area contributed by atoms with E-state index in [1.54, 1.807) is 0 Å². The highest BCUT2D eigenvalue weighted by Crippen LogP contribution is 2.41. The molecule has 0 spiro atoms. The second kappa shape index (κ2) is 6.19. The Labute approximate surface area is 134 Å². The van der Waals surface area contributed by atoms with Gasteiger partial charge in [0, 0.05) is 11.3 Å². The molecule has 0 radical (unpaired) electrons. The Balaban J connectivity index is 1.58. The van der Waals surface area contributed by atoms with Crippen LogP contribution in [0, 0.1) is 0 Å². The number of hydrogen-bond acceptors (Lipinski definition) is 4. The maximum atomic E-state index is 12.8. The highest BCUT2D eigenvalue weighted by molar-refractivity contribution is 7.13. The summed E-state index contributed by atoms with van der Waals surface area (Å²) < 4.78 is 43.5. The molecule has 1 heterocycles. The number of ether oxygens (including phenoxy) is 1. The van der Waals surface area contributed by atoms with Crippen LogP contribution in [0.5, 0.6) is 5.75 Å². The number of carbonyl (C=O) groups is 1. The molecule has 0 aliphatic heterocycles. The zero-order valence-corrected chi connectivity index (χ0v) is 12.7. The smallest absolute Gasteiger partial charge is 0.419 e. The van der Waals surface area contributed by atoms with Gasteiger partial charge in [-0.1, -0.05) is 12.1 Å². The third-order valence-corrected chi connectivity index (χ3v) is 4.09. The van der Waals surface area contributed by atoms with E-state index in [0.717, 1.165) is 24.6 Å². The average Bonchev–Trinajstić information content (AvgIpc) is 3.25. The zero-order chi connectivity index (χ0) is 16.4. The normalized spacial score (nSPS) is 14.6. The van der Waals surface area contributed by atoms with E-state index < -0.39 is 24.3 Å². The number of para-hydroxylation sites is 1. The molecular weight excluding hydrogens is 329 g/mol. The number of halogens is 3. The third kappa shape index (κ3) is 4.01. The quantitative estimate of drug-likeness (QED) is 0.892. The number of rotatable bonds is 5. The van der Waals surface area contributed by atoms with Crippen molar-refractivity contribution in [3.63, 3.8) is 0 Å². The third-order valence-electron chi connectivity index (χ3n) is 3.32. The summed E-state index contributed by atoms with van der Waals surface area (Å²) in [6.07, 6.45) is -2.32. The minimum absolute atomic E-state index is 0.368.